The van der Waals surface area contributed by atoms with Crippen LogP contribution in [0.1, 0.15) is 37.9 Å². The Morgan fingerprint density at radius 3 is 2.24 bits per heavy atom. The summed E-state index contributed by atoms with van der Waals surface area (Å²) in [5, 5.41) is 10.4. The second-order valence-corrected chi connectivity index (χ2v) is 7.02. The van der Waals surface area contributed by atoms with Crippen molar-refractivity contribution in [2.45, 2.75) is 39.5 Å². The fourth-order valence-electron chi connectivity index (χ4n) is 2.47. The van der Waals surface area contributed by atoms with Crippen molar-refractivity contribution < 1.29 is 14.6 Å². The van der Waals surface area contributed by atoms with Gasteiger partial charge in [-0.2, -0.15) is 0 Å². The molecule has 0 aromatic heterocycles. The minimum absolute atomic E-state index is 0. The van der Waals surface area contributed by atoms with Gasteiger partial charge in [-0.25, -0.2) is 0 Å². The van der Waals surface area contributed by atoms with Crippen molar-refractivity contribution in [3.63, 3.8) is 0 Å². The lowest BCUT2D eigenvalue weighted by atomic mass is 9.82. The second-order valence-electron chi connectivity index (χ2n) is 7.02. The first-order valence-corrected chi connectivity index (χ1v) is 8.11. The second kappa shape index (κ2) is 9.09. The fraction of sp³-hybridized carbons (Fsp3) is 0.400. The molecule has 0 fully saturated rings. The van der Waals surface area contributed by atoms with E-state index < -0.39 is 12.1 Å². The van der Waals surface area contributed by atoms with Crippen LogP contribution in [0.15, 0.2) is 48.5 Å². The summed E-state index contributed by atoms with van der Waals surface area (Å²) in [6, 6.07) is 15.0. The van der Waals surface area contributed by atoms with Crippen molar-refractivity contribution in [2.75, 3.05) is 7.11 Å². The summed E-state index contributed by atoms with van der Waals surface area (Å²) in [6.07, 6.45) is -0.659. The summed E-state index contributed by atoms with van der Waals surface area (Å²) >= 11 is 0. The average Bonchev–Trinajstić information content (AvgIpc) is 2.58. The zero-order valence-corrected chi connectivity index (χ0v) is 16.0. The molecule has 3 N–H and O–H groups in total. The Kier molecular flexibility index (Phi) is 7.74. The Morgan fingerprint density at radius 1 is 1.04 bits per heavy atom. The predicted octanol–water partition coefficient (Wildman–Crippen LogP) is 4.10. The first-order valence-electron chi connectivity index (χ1n) is 8.11. The Morgan fingerprint density at radius 2 is 1.68 bits per heavy atom. The maximum absolute atomic E-state index is 10.4. The lowest BCUT2D eigenvalue weighted by Gasteiger charge is -2.31. The molecular formula is C20H28ClNO3. The number of nitrogens with two attached hydrogens (primary N) is 1. The van der Waals surface area contributed by atoms with Gasteiger partial charge in [-0.05, 0) is 28.7 Å². The van der Waals surface area contributed by atoms with Crippen molar-refractivity contribution in [1.29, 1.82) is 0 Å². The topological polar surface area (TPSA) is 64.7 Å². The third-order valence-corrected chi connectivity index (χ3v) is 4.04. The van der Waals surface area contributed by atoms with Crippen LogP contribution in [-0.4, -0.2) is 18.3 Å². The molecule has 4 nitrogen and oxygen atoms in total. The molecular weight excluding hydrogens is 338 g/mol. The number of hydrogen-bond acceptors (Lipinski definition) is 4. The number of hydrogen-bond donors (Lipinski definition) is 2. The molecule has 2 aromatic rings. The van der Waals surface area contributed by atoms with Gasteiger partial charge in [-0.3, -0.25) is 0 Å². The molecule has 2 aromatic carbocycles. The van der Waals surface area contributed by atoms with Gasteiger partial charge in [-0.1, -0.05) is 57.2 Å². The van der Waals surface area contributed by atoms with Crippen LogP contribution < -0.4 is 15.2 Å². The smallest absolute Gasteiger partial charge is 0.161 e. The quantitative estimate of drug-likeness (QED) is 0.808. The van der Waals surface area contributed by atoms with Gasteiger partial charge in [0, 0.05) is 0 Å². The molecule has 5 heteroatoms. The van der Waals surface area contributed by atoms with E-state index in [2.05, 4.69) is 0 Å². The number of rotatable bonds is 6. The summed E-state index contributed by atoms with van der Waals surface area (Å²) in [4.78, 5) is 0. The number of ether oxygens (including phenoxy) is 2. The molecule has 25 heavy (non-hydrogen) atoms. The lowest BCUT2D eigenvalue weighted by molar-refractivity contribution is 0.0400. The van der Waals surface area contributed by atoms with Gasteiger partial charge in [-0.15, -0.1) is 12.4 Å². The van der Waals surface area contributed by atoms with E-state index in [1.807, 2.05) is 69.3 Å². The van der Waals surface area contributed by atoms with Crippen LogP contribution in [0.3, 0.4) is 0 Å². The number of aliphatic hydroxyl groups excluding tert-OH is 1. The Labute approximate surface area is 156 Å². The average molecular weight is 366 g/mol. The van der Waals surface area contributed by atoms with E-state index in [4.69, 9.17) is 15.2 Å². The molecule has 0 heterocycles. The zero-order chi connectivity index (χ0) is 17.7. The van der Waals surface area contributed by atoms with E-state index in [0.29, 0.717) is 18.1 Å². The molecule has 0 radical (unpaired) electrons. The molecule has 0 bridgehead atoms. The molecule has 0 spiro atoms. The normalized spacial score (nSPS) is 13.5. The van der Waals surface area contributed by atoms with Crippen LogP contribution in [0.2, 0.25) is 0 Å². The molecule has 0 aliphatic rings. The van der Waals surface area contributed by atoms with Crippen molar-refractivity contribution in [3.8, 4) is 11.5 Å². The van der Waals surface area contributed by atoms with Crippen molar-refractivity contribution in [1.82, 2.24) is 0 Å². The van der Waals surface area contributed by atoms with E-state index in [0.717, 1.165) is 11.1 Å². The molecule has 0 aliphatic carbocycles. The van der Waals surface area contributed by atoms with Gasteiger partial charge < -0.3 is 20.3 Å². The van der Waals surface area contributed by atoms with Crippen molar-refractivity contribution in [2.24, 2.45) is 11.1 Å². The van der Waals surface area contributed by atoms with Gasteiger partial charge in [0.15, 0.2) is 11.5 Å². The summed E-state index contributed by atoms with van der Waals surface area (Å²) in [5.41, 5.74) is 7.84. The first kappa shape index (κ1) is 21.3. The van der Waals surface area contributed by atoms with Gasteiger partial charge in [0.1, 0.15) is 6.61 Å². The van der Waals surface area contributed by atoms with Crippen LogP contribution in [0.25, 0.3) is 0 Å². The lowest BCUT2D eigenvalue weighted by Crippen LogP contribution is -2.36. The number of aliphatic hydroxyl groups is 1. The van der Waals surface area contributed by atoms with Crippen LogP contribution in [-0.2, 0) is 6.61 Å². The Balaban J connectivity index is 0.00000312. The Bertz CT molecular complexity index is 656. The van der Waals surface area contributed by atoms with E-state index in [-0.39, 0.29) is 17.8 Å². The third-order valence-electron chi connectivity index (χ3n) is 4.04. The largest absolute Gasteiger partial charge is 0.493 e. The van der Waals surface area contributed by atoms with Crippen LogP contribution in [0.5, 0.6) is 11.5 Å². The number of benzene rings is 2. The molecule has 0 saturated heterocycles. The standard InChI is InChI=1S/C20H27NO3.ClH/c1-20(2,3)19(22)18(21)15-10-11-16(23-4)17(12-15)24-13-14-8-6-5-7-9-14;/h5-12,18-19,22H,13,21H2,1-4H3;1H/t18-,19-;/m0./s1. The highest BCUT2D eigenvalue weighted by Gasteiger charge is 2.29. The highest BCUT2D eigenvalue weighted by molar-refractivity contribution is 5.85. The highest BCUT2D eigenvalue weighted by atomic mass is 35.5. The molecule has 0 aliphatic heterocycles. The summed E-state index contributed by atoms with van der Waals surface area (Å²) in [6.45, 7) is 6.34. The molecule has 0 unspecified atom stereocenters. The van der Waals surface area contributed by atoms with E-state index >= 15 is 0 Å². The van der Waals surface area contributed by atoms with Gasteiger partial charge in [0.25, 0.3) is 0 Å². The monoisotopic (exact) mass is 365 g/mol. The van der Waals surface area contributed by atoms with Crippen molar-refractivity contribution >= 4 is 12.4 Å². The summed E-state index contributed by atoms with van der Waals surface area (Å²) in [5.74, 6) is 1.27. The number of halogens is 1. The molecule has 0 saturated carbocycles. The number of methoxy groups -OCH3 is 1. The predicted molar refractivity (Wildman–Crippen MR) is 103 cm³/mol. The third kappa shape index (κ3) is 5.63. The first-order chi connectivity index (χ1) is 11.3. The van der Waals surface area contributed by atoms with E-state index in [1.54, 1.807) is 7.11 Å². The van der Waals surface area contributed by atoms with E-state index in [1.165, 1.54) is 0 Å². The summed E-state index contributed by atoms with van der Waals surface area (Å²) in [7, 11) is 1.61. The highest BCUT2D eigenvalue weighted by Crippen LogP contribution is 2.34. The molecule has 2 atom stereocenters. The van der Waals surface area contributed by atoms with E-state index in [9.17, 15) is 5.11 Å². The molecule has 2 rings (SSSR count). The molecule has 138 valence electrons. The minimum atomic E-state index is -0.659. The Hall–Kier alpha value is -1.75. The van der Waals surface area contributed by atoms with Gasteiger partial charge in [0.05, 0.1) is 19.3 Å². The maximum atomic E-state index is 10.4. The fourth-order valence-corrected chi connectivity index (χ4v) is 2.47. The SMILES string of the molecule is COc1ccc([C@H](N)[C@H](O)C(C)(C)C)cc1OCc1ccccc1.Cl. The van der Waals surface area contributed by atoms with Crippen LogP contribution in [0.4, 0.5) is 0 Å². The molecule has 0 amide bonds. The van der Waals surface area contributed by atoms with Gasteiger partial charge in [0.2, 0.25) is 0 Å². The van der Waals surface area contributed by atoms with Crippen LogP contribution >= 0.6 is 12.4 Å². The van der Waals surface area contributed by atoms with Crippen LogP contribution in [0, 0.1) is 5.41 Å². The zero-order valence-electron chi connectivity index (χ0n) is 15.2. The minimum Gasteiger partial charge on any atom is -0.493 e. The van der Waals surface area contributed by atoms with Gasteiger partial charge >= 0.3 is 0 Å². The van der Waals surface area contributed by atoms with Crippen molar-refractivity contribution in [3.05, 3.63) is 59.7 Å². The maximum Gasteiger partial charge on any atom is 0.161 e. The summed E-state index contributed by atoms with van der Waals surface area (Å²) < 4.78 is 11.3.